The van der Waals surface area contributed by atoms with Gasteiger partial charge in [0.05, 0.1) is 22.3 Å². The average molecular weight is 530 g/mol. The van der Waals surface area contributed by atoms with E-state index in [-0.39, 0.29) is 11.5 Å². The fraction of sp³-hybridized carbons (Fsp3) is 0.162. The molecule has 1 atom stereocenters. The van der Waals surface area contributed by atoms with Crippen LogP contribution in [-0.4, -0.2) is 9.38 Å². The highest BCUT2D eigenvalue weighted by atomic mass is 16.1. The second-order valence-corrected chi connectivity index (χ2v) is 11.2. The van der Waals surface area contributed by atoms with Crippen molar-refractivity contribution in [3.63, 3.8) is 0 Å². The molecule has 3 aliphatic carbocycles. The van der Waals surface area contributed by atoms with Crippen molar-refractivity contribution in [1.82, 2.24) is 9.38 Å². The van der Waals surface area contributed by atoms with Gasteiger partial charge in [-0.15, -0.1) is 0 Å². The summed E-state index contributed by atoms with van der Waals surface area (Å²) in [6.07, 6.45) is 20.7. The number of allylic oxidation sites excluding steroid dienone is 8. The minimum absolute atomic E-state index is 0.0807. The number of nitrogens with zero attached hydrogens (tertiary/aromatic N) is 3. The molecule has 0 N–H and O–H groups in total. The van der Waals surface area contributed by atoms with Crippen LogP contribution in [0.2, 0.25) is 0 Å². The highest BCUT2D eigenvalue weighted by Crippen LogP contribution is 2.37. The van der Waals surface area contributed by atoms with Gasteiger partial charge in [0.15, 0.2) is 0 Å². The Morgan fingerprint density at radius 1 is 0.927 bits per heavy atom. The van der Waals surface area contributed by atoms with E-state index in [1.807, 2.05) is 59.0 Å². The molecule has 2 heterocycles. The molecule has 4 nitrogen and oxygen atoms in total. The SMILES string of the molecule is N#Cc1ccc2c3c1c(-c1ccccc1)ccc3c(=O)n1c3c(nc21)=C(C1=CC=CCC1)CC(C1=CCCC=C1)C=3. The molecule has 4 heteroatoms. The van der Waals surface area contributed by atoms with Crippen LogP contribution in [0, 0.1) is 17.2 Å². The Kier molecular flexibility index (Phi) is 5.40. The third-order valence-corrected chi connectivity index (χ3v) is 8.88. The lowest BCUT2D eigenvalue weighted by Gasteiger charge is -2.23. The first kappa shape index (κ1) is 23.8. The molecule has 0 saturated heterocycles. The normalized spacial score (nSPS) is 18.3. The van der Waals surface area contributed by atoms with Gasteiger partial charge in [0.25, 0.3) is 5.56 Å². The van der Waals surface area contributed by atoms with Gasteiger partial charge in [0, 0.05) is 27.5 Å². The maximum atomic E-state index is 14.4. The minimum Gasteiger partial charge on any atom is -0.268 e. The first-order valence-corrected chi connectivity index (χ1v) is 14.4. The molecule has 0 fully saturated rings. The smallest absolute Gasteiger partial charge is 0.264 e. The molecule has 0 aliphatic heterocycles. The average Bonchev–Trinajstić information content (AvgIpc) is 3.44. The maximum absolute atomic E-state index is 14.4. The molecule has 41 heavy (non-hydrogen) atoms. The summed E-state index contributed by atoms with van der Waals surface area (Å²) in [5, 5.41) is 15.1. The van der Waals surface area contributed by atoms with Crippen molar-refractivity contribution < 1.29 is 0 Å². The highest BCUT2D eigenvalue weighted by Gasteiger charge is 2.25. The van der Waals surface area contributed by atoms with Gasteiger partial charge in [-0.2, -0.15) is 5.26 Å². The molecular formula is C37H27N3O. The number of hydrogen-bond acceptors (Lipinski definition) is 3. The first-order valence-electron chi connectivity index (χ1n) is 14.4. The van der Waals surface area contributed by atoms with Crippen molar-refractivity contribution >= 4 is 38.8 Å². The second kappa shape index (κ2) is 9.28. The molecule has 0 amide bonds. The van der Waals surface area contributed by atoms with E-state index in [1.54, 1.807) is 0 Å². The molecule has 0 radical (unpaired) electrons. The third kappa shape index (κ3) is 3.59. The summed E-state index contributed by atoms with van der Waals surface area (Å²) < 4.78 is 1.83. The van der Waals surface area contributed by atoms with Gasteiger partial charge in [-0.3, -0.25) is 9.20 Å². The number of fused-ring (bicyclic) bond motifs is 4. The molecule has 3 aliphatic rings. The lowest BCUT2D eigenvalue weighted by molar-refractivity contribution is 0.795. The Morgan fingerprint density at radius 2 is 1.80 bits per heavy atom. The topological polar surface area (TPSA) is 58.2 Å². The molecule has 3 aromatic carbocycles. The number of aromatic nitrogens is 2. The van der Waals surface area contributed by atoms with E-state index in [0.717, 1.165) is 70.1 Å². The zero-order valence-electron chi connectivity index (χ0n) is 22.6. The molecule has 2 aromatic heterocycles. The van der Waals surface area contributed by atoms with Gasteiger partial charge in [-0.05, 0) is 78.1 Å². The molecule has 1 unspecified atom stereocenters. The first-order chi connectivity index (χ1) is 20.2. The van der Waals surface area contributed by atoms with Crippen molar-refractivity contribution in [2.24, 2.45) is 5.92 Å². The Bertz CT molecular complexity index is 2260. The molecule has 8 rings (SSSR count). The Labute approximate surface area is 237 Å². The highest BCUT2D eigenvalue weighted by molar-refractivity contribution is 6.20. The van der Waals surface area contributed by atoms with E-state index in [2.05, 4.69) is 48.6 Å². The fourth-order valence-electron chi connectivity index (χ4n) is 6.95. The van der Waals surface area contributed by atoms with E-state index >= 15 is 0 Å². The number of pyridine rings is 1. The van der Waals surface area contributed by atoms with Crippen molar-refractivity contribution in [2.45, 2.75) is 32.1 Å². The van der Waals surface area contributed by atoms with Crippen molar-refractivity contribution in [3.8, 4) is 17.2 Å². The predicted molar refractivity (Wildman–Crippen MR) is 166 cm³/mol. The van der Waals surface area contributed by atoms with Crippen LogP contribution in [0.1, 0.15) is 37.7 Å². The van der Waals surface area contributed by atoms with Gasteiger partial charge in [0.1, 0.15) is 5.65 Å². The third-order valence-electron chi connectivity index (χ3n) is 8.88. The lowest BCUT2D eigenvalue weighted by Crippen LogP contribution is -2.38. The molecule has 196 valence electrons. The predicted octanol–water partition coefficient (Wildman–Crippen LogP) is 6.48. The second-order valence-electron chi connectivity index (χ2n) is 11.2. The lowest BCUT2D eigenvalue weighted by atomic mass is 9.82. The van der Waals surface area contributed by atoms with Crippen LogP contribution >= 0.6 is 0 Å². The van der Waals surface area contributed by atoms with Crippen molar-refractivity contribution in [3.05, 3.63) is 129 Å². The van der Waals surface area contributed by atoms with Gasteiger partial charge in [0.2, 0.25) is 0 Å². The van der Waals surface area contributed by atoms with E-state index in [9.17, 15) is 10.1 Å². The van der Waals surface area contributed by atoms with E-state index in [1.165, 1.54) is 16.7 Å². The zero-order chi connectivity index (χ0) is 27.5. The summed E-state index contributed by atoms with van der Waals surface area (Å²) in [6.45, 7) is 0. The molecule has 0 bridgehead atoms. The number of rotatable bonds is 3. The van der Waals surface area contributed by atoms with Crippen molar-refractivity contribution in [2.75, 3.05) is 0 Å². The van der Waals surface area contributed by atoms with Crippen LogP contribution in [0.4, 0.5) is 0 Å². The summed E-state index contributed by atoms with van der Waals surface area (Å²) in [5.74, 6) is 0.192. The molecule has 0 saturated carbocycles. The maximum Gasteiger partial charge on any atom is 0.264 e. The quantitative estimate of drug-likeness (QED) is 0.269. The minimum atomic E-state index is -0.0807. The Balaban J connectivity index is 1.53. The summed E-state index contributed by atoms with van der Waals surface area (Å²) in [4.78, 5) is 19.6. The summed E-state index contributed by atoms with van der Waals surface area (Å²) >= 11 is 0. The number of benzene rings is 3. The standard InChI is InChI=1S/C37H27N3O/c38-22-26-16-17-29-34-30(19-18-28(33(26)34)24-12-6-2-7-13-24)37(41)40-32-21-27(23-10-4-1-5-11-23)20-31(35(32)39-36(29)40)25-14-8-3-9-15-25/h2-4,6-8,10-14,16-19,21,27H,1,5,9,15,20H2. The van der Waals surface area contributed by atoms with Crippen LogP contribution in [0.5, 0.6) is 0 Å². The van der Waals surface area contributed by atoms with Crippen LogP contribution in [0.25, 0.3) is 50.0 Å². The van der Waals surface area contributed by atoms with Gasteiger partial charge in [-0.1, -0.05) is 78.9 Å². The Morgan fingerprint density at radius 3 is 2.59 bits per heavy atom. The van der Waals surface area contributed by atoms with E-state index in [4.69, 9.17) is 4.98 Å². The number of hydrogen-bond donors (Lipinski definition) is 0. The monoisotopic (exact) mass is 529 g/mol. The van der Waals surface area contributed by atoms with Gasteiger partial charge < -0.3 is 0 Å². The fourth-order valence-corrected chi connectivity index (χ4v) is 6.95. The van der Waals surface area contributed by atoms with Gasteiger partial charge >= 0.3 is 0 Å². The van der Waals surface area contributed by atoms with Gasteiger partial charge in [-0.25, -0.2) is 4.98 Å². The largest absolute Gasteiger partial charge is 0.268 e. The van der Waals surface area contributed by atoms with E-state index < -0.39 is 0 Å². The van der Waals surface area contributed by atoms with Crippen LogP contribution in [-0.2, 0) is 0 Å². The number of nitriles is 1. The molecule has 0 spiro atoms. The van der Waals surface area contributed by atoms with Crippen LogP contribution in [0.3, 0.4) is 0 Å². The summed E-state index contributed by atoms with van der Waals surface area (Å²) in [5.41, 5.74) is 6.99. The summed E-state index contributed by atoms with van der Waals surface area (Å²) in [7, 11) is 0. The summed E-state index contributed by atoms with van der Waals surface area (Å²) in [6, 6.07) is 20.2. The van der Waals surface area contributed by atoms with Crippen molar-refractivity contribution in [1.29, 1.82) is 5.26 Å². The zero-order valence-corrected chi connectivity index (χ0v) is 22.6. The molecule has 5 aromatic rings. The van der Waals surface area contributed by atoms with Crippen LogP contribution < -0.4 is 16.3 Å². The molecular weight excluding hydrogens is 502 g/mol. The number of imidazole rings is 1. The van der Waals surface area contributed by atoms with Crippen LogP contribution in [0.15, 0.2) is 107 Å². The van der Waals surface area contributed by atoms with E-state index in [0.29, 0.717) is 16.6 Å². The Hall–Kier alpha value is -5.01.